The van der Waals surface area contributed by atoms with Crippen LogP contribution in [0, 0.1) is 11.8 Å². The van der Waals surface area contributed by atoms with Crippen LogP contribution in [0.3, 0.4) is 0 Å². The lowest BCUT2D eigenvalue weighted by Crippen LogP contribution is -2.46. The van der Waals surface area contributed by atoms with Crippen LogP contribution in [0.5, 0.6) is 5.75 Å². The number of rotatable bonds is 6. The van der Waals surface area contributed by atoms with Gasteiger partial charge in [0.05, 0.1) is 19.3 Å². The molecule has 0 bridgehead atoms. The van der Waals surface area contributed by atoms with Crippen LogP contribution in [0.4, 0.5) is 4.79 Å². The number of methoxy groups -OCH3 is 1. The van der Waals surface area contributed by atoms with Gasteiger partial charge in [-0.05, 0) is 42.7 Å². The molecule has 2 aromatic rings. The number of hydrogen-bond donors (Lipinski definition) is 2. The Bertz CT molecular complexity index is 1080. The van der Waals surface area contributed by atoms with Gasteiger partial charge in [-0.3, -0.25) is 19.9 Å². The smallest absolute Gasteiger partial charge is 0.322 e. The zero-order valence-corrected chi connectivity index (χ0v) is 17.1. The molecule has 0 spiro atoms. The average Bonchev–Trinajstić information content (AvgIpc) is 3.58. The quantitative estimate of drug-likeness (QED) is 0.550. The summed E-state index contributed by atoms with van der Waals surface area (Å²) in [7, 11) is 1.55. The molecule has 4 amide bonds. The molecule has 158 valence electrons. The molecular weight excluding hydrogens is 396 g/mol. The lowest BCUT2D eigenvalue weighted by molar-refractivity contribution is -0.108. The molecule has 1 aromatic carbocycles. The van der Waals surface area contributed by atoms with Crippen LogP contribution in [0.15, 0.2) is 36.5 Å². The predicted octanol–water partition coefficient (Wildman–Crippen LogP) is 1.80. The number of nitrogens with one attached hydrogen (secondary N) is 2. The minimum absolute atomic E-state index is 0.154. The summed E-state index contributed by atoms with van der Waals surface area (Å²) in [5, 5.41) is 4.71. The van der Waals surface area contributed by atoms with Crippen LogP contribution in [-0.2, 0) is 11.3 Å². The second-order valence-corrected chi connectivity index (χ2v) is 7.48. The molecule has 2 aliphatic rings. The number of aromatic nitrogens is 1. The van der Waals surface area contributed by atoms with Crippen LogP contribution < -0.4 is 15.4 Å². The highest BCUT2D eigenvalue weighted by atomic mass is 16.5. The fourth-order valence-corrected chi connectivity index (χ4v) is 3.59. The second-order valence-electron chi connectivity index (χ2n) is 7.48. The molecule has 0 unspecified atom stereocenters. The van der Waals surface area contributed by atoms with Crippen LogP contribution in [0.1, 0.15) is 45.9 Å². The average molecular weight is 418 g/mol. The number of carbonyl (C=O) groups excluding carboxylic acids is 3. The van der Waals surface area contributed by atoms with Gasteiger partial charge in [0, 0.05) is 29.8 Å². The fourth-order valence-electron chi connectivity index (χ4n) is 3.59. The Balaban J connectivity index is 1.55. The Morgan fingerprint density at radius 1 is 1.39 bits per heavy atom. The maximum absolute atomic E-state index is 12.9. The topological polar surface area (TPSA) is 101 Å². The molecule has 0 radical (unpaired) electrons. The van der Waals surface area contributed by atoms with Crippen molar-refractivity contribution in [2.75, 3.05) is 13.7 Å². The maximum atomic E-state index is 12.9. The number of benzene rings is 1. The zero-order chi connectivity index (χ0) is 21.8. The fraction of sp³-hybridized carbons (Fsp3) is 0.304. The molecule has 8 nitrogen and oxygen atoms in total. The van der Waals surface area contributed by atoms with Crippen molar-refractivity contribution >= 4 is 18.3 Å². The van der Waals surface area contributed by atoms with Crippen molar-refractivity contribution in [1.29, 1.82) is 0 Å². The van der Waals surface area contributed by atoms with E-state index >= 15 is 0 Å². The molecule has 8 heteroatoms. The normalized spacial score (nSPS) is 15.4. The molecule has 1 atom stereocenters. The number of fused-ring (bicyclic) bond motifs is 1. The third-order valence-electron chi connectivity index (χ3n) is 5.28. The molecule has 31 heavy (non-hydrogen) atoms. The van der Waals surface area contributed by atoms with Gasteiger partial charge >= 0.3 is 6.03 Å². The van der Waals surface area contributed by atoms with Crippen molar-refractivity contribution < 1.29 is 19.1 Å². The molecule has 1 aliphatic carbocycles. The number of amides is 4. The number of hydrogen-bond acceptors (Lipinski definition) is 5. The summed E-state index contributed by atoms with van der Waals surface area (Å²) in [5.74, 6) is 7.04. The molecule has 2 N–H and O–H groups in total. The summed E-state index contributed by atoms with van der Waals surface area (Å²) >= 11 is 0. The number of pyridine rings is 1. The van der Waals surface area contributed by atoms with Crippen molar-refractivity contribution in [3.63, 3.8) is 0 Å². The van der Waals surface area contributed by atoms with Crippen molar-refractivity contribution in [3.05, 3.63) is 58.9 Å². The van der Waals surface area contributed by atoms with Gasteiger partial charge in [-0.1, -0.05) is 17.9 Å². The van der Waals surface area contributed by atoms with Crippen LogP contribution in [0.25, 0.3) is 0 Å². The van der Waals surface area contributed by atoms with Crippen LogP contribution >= 0.6 is 0 Å². The first-order valence-corrected chi connectivity index (χ1v) is 10.0. The van der Waals surface area contributed by atoms with E-state index in [0.29, 0.717) is 30.2 Å². The van der Waals surface area contributed by atoms with Crippen molar-refractivity contribution in [2.24, 2.45) is 0 Å². The molecule has 1 saturated carbocycles. The monoisotopic (exact) mass is 418 g/mol. The second kappa shape index (κ2) is 8.88. The minimum atomic E-state index is -0.674. The number of carbonyl (C=O) groups is 3. The Morgan fingerprint density at radius 3 is 2.97 bits per heavy atom. The molecule has 1 aliphatic heterocycles. The Kier molecular flexibility index (Phi) is 5.85. The van der Waals surface area contributed by atoms with E-state index in [1.54, 1.807) is 24.3 Å². The highest BCUT2D eigenvalue weighted by Gasteiger charge is 2.30. The summed E-state index contributed by atoms with van der Waals surface area (Å²) in [6.45, 7) is 0.585. The SMILES string of the molecule is COc1ccc2c(c1)C(=O)N(C[C@@H](C#Cc1cccnc1C1CC1)NC(=O)NC=O)C2. The third kappa shape index (κ3) is 4.67. The van der Waals surface area contributed by atoms with E-state index in [1.807, 2.05) is 24.3 Å². The summed E-state index contributed by atoms with van der Waals surface area (Å²) in [6.07, 6.45) is 4.24. The summed E-state index contributed by atoms with van der Waals surface area (Å²) in [6, 6.07) is 7.76. The predicted molar refractivity (Wildman–Crippen MR) is 112 cm³/mol. The van der Waals surface area contributed by atoms with E-state index in [1.165, 1.54) is 0 Å². The zero-order valence-electron chi connectivity index (χ0n) is 17.1. The van der Waals surface area contributed by atoms with Gasteiger partial charge in [0.2, 0.25) is 6.41 Å². The highest BCUT2D eigenvalue weighted by Crippen LogP contribution is 2.40. The summed E-state index contributed by atoms with van der Waals surface area (Å²) in [4.78, 5) is 41.5. The molecule has 0 saturated heterocycles. The molecule has 1 fully saturated rings. The molecule has 1 aromatic heterocycles. The maximum Gasteiger partial charge on any atom is 0.322 e. The van der Waals surface area contributed by atoms with E-state index in [-0.39, 0.29) is 12.5 Å². The van der Waals surface area contributed by atoms with Crippen LogP contribution in [-0.4, -0.2) is 47.9 Å². The standard InChI is InChI=1S/C23H22N4O4/c1-31-19-9-7-17-12-27(22(29)20(17)11-19)13-18(26-23(30)25-14-28)8-6-15-3-2-10-24-21(15)16-4-5-16/h2-3,7,9-11,14,16,18H,4-5,12-13H2,1H3,(H2,25,26,28,30)/t18-/m1/s1. The van der Waals surface area contributed by atoms with Gasteiger partial charge in [0.25, 0.3) is 5.91 Å². The van der Waals surface area contributed by atoms with E-state index < -0.39 is 12.1 Å². The Hall–Kier alpha value is -3.86. The third-order valence-corrected chi connectivity index (χ3v) is 5.28. The Labute approximate surface area is 180 Å². The first-order chi connectivity index (χ1) is 15.1. The van der Waals surface area contributed by atoms with E-state index in [4.69, 9.17) is 4.74 Å². The lowest BCUT2D eigenvalue weighted by atomic mass is 10.1. The minimum Gasteiger partial charge on any atom is -0.497 e. The number of urea groups is 1. The van der Waals surface area contributed by atoms with Gasteiger partial charge in [-0.2, -0.15) is 0 Å². The van der Waals surface area contributed by atoms with Gasteiger partial charge in [0.1, 0.15) is 11.8 Å². The highest BCUT2D eigenvalue weighted by molar-refractivity contribution is 5.98. The van der Waals surface area contributed by atoms with Crippen molar-refractivity contribution in [1.82, 2.24) is 20.5 Å². The molecule has 4 rings (SSSR count). The van der Waals surface area contributed by atoms with Crippen LogP contribution in [0.2, 0.25) is 0 Å². The van der Waals surface area contributed by atoms with Gasteiger partial charge < -0.3 is 15.0 Å². The van der Waals surface area contributed by atoms with E-state index in [9.17, 15) is 14.4 Å². The Morgan fingerprint density at radius 2 is 2.23 bits per heavy atom. The molecule has 2 heterocycles. The molecular formula is C23H22N4O4. The van der Waals surface area contributed by atoms with Gasteiger partial charge in [-0.15, -0.1) is 0 Å². The first-order valence-electron chi connectivity index (χ1n) is 10.0. The first kappa shape index (κ1) is 20.4. The number of nitrogens with zero attached hydrogens (tertiary/aromatic N) is 2. The van der Waals surface area contributed by atoms with Gasteiger partial charge in [0.15, 0.2) is 0 Å². The number of imide groups is 1. The number of ether oxygens (including phenoxy) is 1. The van der Waals surface area contributed by atoms with Gasteiger partial charge in [-0.25, -0.2) is 4.79 Å². The van der Waals surface area contributed by atoms with Crippen molar-refractivity contribution in [3.8, 4) is 17.6 Å². The summed E-state index contributed by atoms with van der Waals surface area (Å²) < 4.78 is 5.21. The van der Waals surface area contributed by atoms with E-state index in [2.05, 4.69) is 27.5 Å². The lowest BCUT2D eigenvalue weighted by Gasteiger charge is -2.21. The van der Waals surface area contributed by atoms with E-state index in [0.717, 1.165) is 29.7 Å². The van der Waals surface area contributed by atoms with Crippen molar-refractivity contribution in [2.45, 2.75) is 31.3 Å². The largest absolute Gasteiger partial charge is 0.497 e. The summed E-state index contributed by atoms with van der Waals surface area (Å²) in [5.41, 5.74) is 3.24.